The molecule has 1 atom stereocenters. The second-order valence-corrected chi connectivity index (χ2v) is 5.44. The molecular weight excluding hydrogens is 334 g/mol. The van der Waals surface area contributed by atoms with Gasteiger partial charge in [-0.2, -0.15) is 0 Å². The molecule has 1 aromatic carbocycles. The Bertz CT molecular complexity index is 908. The van der Waals surface area contributed by atoms with Gasteiger partial charge >= 0.3 is 6.29 Å². The number of H-pyrrole nitrogens is 1. The first-order valence-electron chi connectivity index (χ1n) is 7.36. The lowest BCUT2D eigenvalue weighted by Crippen LogP contribution is -2.34. The Balaban J connectivity index is 1.88. The first-order chi connectivity index (χ1) is 11.8. The normalized spacial score (nSPS) is 15.5. The van der Waals surface area contributed by atoms with Crippen LogP contribution in [0.1, 0.15) is 17.3 Å². The van der Waals surface area contributed by atoms with Crippen LogP contribution in [0.3, 0.4) is 0 Å². The molecular formula is C17H14F2N2O4. The van der Waals surface area contributed by atoms with Gasteiger partial charge in [0, 0.05) is 17.3 Å². The van der Waals surface area contributed by atoms with Crippen LogP contribution in [0.5, 0.6) is 11.5 Å². The van der Waals surface area contributed by atoms with Gasteiger partial charge in [0.1, 0.15) is 5.56 Å². The highest BCUT2D eigenvalue weighted by Gasteiger charge is 2.43. The average molecular weight is 348 g/mol. The zero-order chi connectivity index (χ0) is 18.2. The number of nitrogens with one attached hydrogen (secondary N) is 2. The van der Waals surface area contributed by atoms with E-state index in [0.717, 1.165) is 0 Å². The van der Waals surface area contributed by atoms with E-state index in [4.69, 9.17) is 0 Å². The van der Waals surface area contributed by atoms with Crippen LogP contribution >= 0.6 is 0 Å². The topological polar surface area (TPSA) is 80.4 Å². The molecule has 6 nitrogen and oxygen atoms in total. The van der Waals surface area contributed by atoms with E-state index in [1.165, 1.54) is 36.4 Å². The molecule has 1 aliphatic rings. The molecule has 0 spiro atoms. The lowest BCUT2D eigenvalue weighted by Gasteiger charge is -2.09. The van der Waals surface area contributed by atoms with Gasteiger partial charge in [0.05, 0.1) is 0 Å². The molecule has 8 heteroatoms. The molecule has 0 saturated carbocycles. The summed E-state index contributed by atoms with van der Waals surface area (Å²) < 4.78 is 34.8. The summed E-state index contributed by atoms with van der Waals surface area (Å²) in [5, 5.41) is 2.59. The Hall–Kier alpha value is -3.16. The third kappa shape index (κ3) is 3.37. The van der Waals surface area contributed by atoms with Gasteiger partial charge in [-0.25, -0.2) is 0 Å². The Morgan fingerprint density at radius 3 is 2.68 bits per heavy atom. The van der Waals surface area contributed by atoms with E-state index in [2.05, 4.69) is 26.4 Å². The summed E-state index contributed by atoms with van der Waals surface area (Å²) in [5.74, 6) is -0.763. The molecule has 2 N–H and O–H groups in total. The van der Waals surface area contributed by atoms with E-state index >= 15 is 0 Å². The molecule has 0 saturated heterocycles. The van der Waals surface area contributed by atoms with Crippen molar-refractivity contribution in [2.75, 3.05) is 0 Å². The van der Waals surface area contributed by atoms with Crippen LogP contribution in [0, 0.1) is 0 Å². The molecule has 0 fully saturated rings. The van der Waals surface area contributed by atoms with Crippen molar-refractivity contribution in [1.29, 1.82) is 0 Å². The van der Waals surface area contributed by atoms with Crippen LogP contribution < -0.4 is 20.3 Å². The van der Waals surface area contributed by atoms with Crippen LogP contribution in [0.2, 0.25) is 0 Å². The molecule has 25 heavy (non-hydrogen) atoms. The Kier molecular flexibility index (Phi) is 4.03. The van der Waals surface area contributed by atoms with E-state index in [-0.39, 0.29) is 23.1 Å². The third-order valence-electron chi connectivity index (χ3n) is 3.58. The number of rotatable bonds is 4. The molecule has 1 aliphatic heterocycles. The largest absolute Gasteiger partial charge is 0.586 e. The third-order valence-corrected chi connectivity index (χ3v) is 3.58. The monoisotopic (exact) mass is 348 g/mol. The van der Waals surface area contributed by atoms with Gasteiger partial charge in [-0.3, -0.25) is 9.59 Å². The quantitative estimate of drug-likeness (QED) is 0.833. The van der Waals surface area contributed by atoms with Crippen LogP contribution in [-0.2, 0) is 0 Å². The van der Waals surface area contributed by atoms with E-state index < -0.39 is 17.8 Å². The van der Waals surface area contributed by atoms with Gasteiger partial charge in [-0.15, -0.1) is 15.4 Å². The Labute approximate surface area is 141 Å². The van der Waals surface area contributed by atoms with E-state index in [1.807, 2.05) is 0 Å². The summed E-state index contributed by atoms with van der Waals surface area (Å²) in [4.78, 5) is 26.7. The first kappa shape index (κ1) is 16.7. The molecule has 2 heterocycles. The highest BCUT2D eigenvalue weighted by atomic mass is 19.3. The lowest BCUT2D eigenvalue weighted by molar-refractivity contribution is -0.286. The number of carbonyl (C=O) groups is 1. The van der Waals surface area contributed by atoms with Gasteiger partial charge < -0.3 is 19.8 Å². The van der Waals surface area contributed by atoms with Crippen molar-refractivity contribution >= 4 is 5.91 Å². The van der Waals surface area contributed by atoms with E-state index in [9.17, 15) is 18.4 Å². The van der Waals surface area contributed by atoms with Gasteiger partial charge in [0.15, 0.2) is 11.5 Å². The summed E-state index contributed by atoms with van der Waals surface area (Å²) >= 11 is 0. The number of carbonyl (C=O) groups excluding carboxylic acids is 1. The minimum Gasteiger partial charge on any atom is -0.395 e. The van der Waals surface area contributed by atoms with Crippen molar-refractivity contribution < 1.29 is 23.0 Å². The number of alkyl halides is 2. The summed E-state index contributed by atoms with van der Waals surface area (Å²) in [6.45, 7) is 5.26. The van der Waals surface area contributed by atoms with Crippen LogP contribution in [0.25, 0.3) is 11.3 Å². The second kappa shape index (κ2) is 6.04. The highest BCUT2D eigenvalue weighted by molar-refractivity contribution is 5.94. The zero-order valence-corrected chi connectivity index (χ0v) is 13.1. The van der Waals surface area contributed by atoms with Crippen molar-refractivity contribution in [1.82, 2.24) is 10.3 Å². The fraction of sp³-hybridized carbons (Fsp3) is 0.176. The van der Waals surface area contributed by atoms with Crippen molar-refractivity contribution in [2.24, 2.45) is 0 Å². The predicted molar refractivity (Wildman–Crippen MR) is 85.8 cm³/mol. The number of halogens is 2. The fourth-order valence-corrected chi connectivity index (χ4v) is 2.28. The van der Waals surface area contributed by atoms with Crippen molar-refractivity contribution in [3.63, 3.8) is 0 Å². The summed E-state index contributed by atoms with van der Waals surface area (Å²) in [5.41, 5.74) is 0.113. The maximum absolute atomic E-state index is 13.1. The number of amides is 1. The summed E-state index contributed by atoms with van der Waals surface area (Å²) in [6, 6.07) is 6.71. The van der Waals surface area contributed by atoms with Crippen molar-refractivity contribution in [3.8, 4) is 22.8 Å². The minimum absolute atomic E-state index is 0.0651. The Morgan fingerprint density at radius 1 is 1.28 bits per heavy atom. The predicted octanol–water partition coefficient (Wildman–Crippen LogP) is 2.67. The maximum Gasteiger partial charge on any atom is 0.586 e. The molecule has 3 rings (SSSR count). The number of pyridine rings is 1. The molecule has 0 bridgehead atoms. The number of aromatic nitrogens is 1. The first-order valence-corrected chi connectivity index (χ1v) is 7.36. The molecule has 0 radical (unpaired) electrons. The number of ether oxygens (including phenoxy) is 2. The number of hydrogen-bond donors (Lipinski definition) is 2. The van der Waals surface area contributed by atoms with Crippen molar-refractivity contribution in [2.45, 2.75) is 19.3 Å². The molecule has 130 valence electrons. The molecule has 2 aromatic rings. The Morgan fingerprint density at radius 2 is 2.00 bits per heavy atom. The van der Waals surface area contributed by atoms with Crippen LogP contribution in [0.15, 0.2) is 47.8 Å². The lowest BCUT2D eigenvalue weighted by atomic mass is 10.1. The highest BCUT2D eigenvalue weighted by Crippen LogP contribution is 2.42. The smallest absolute Gasteiger partial charge is 0.395 e. The second-order valence-electron chi connectivity index (χ2n) is 5.44. The minimum atomic E-state index is -3.71. The standard InChI is InChI=1S/C17H14F2N2O4/c1-3-9(2)20-15(22)11-5-6-12(21-16(11)23)10-4-7-13-14(8-10)25-17(18,19)24-13/h3-9H,1H2,2H3,(H,20,22)(H,21,23)/t9-/m0/s1. The summed E-state index contributed by atoms with van der Waals surface area (Å²) in [6.07, 6.45) is -2.18. The number of hydrogen-bond acceptors (Lipinski definition) is 4. The number of benzene rings is 1. The van der Waals surface area contributed by atoms with Gasteiger partial charge in [-0.05, 0) is 37.3 Å². The number of aromatic amines is 1. The fourth-order valence-electron chi connectivity index (χ4n) is 2.28. The van der Waals surface area contributed by atoms with E-state index in [1.54, 1.807) is 6.92 Å². The molecule has 0 unspecified atom stereocenters. The SMILES string of the molecule is C=C[C@H](C)NC(=O)c1ccc(-c2ccc3c(c2)OC(F)(F)O3)[nH]c1=O. The number of fused-ring (bicyclic) bond motifs is 1. The van der Waals surface area contributed by atoms with Gasteiger partial charge in [0.2, 0.25) is 0 Å². The molecule has 0 aliphatic carbocycles. The van der Waals surface area contributed by atoms with Crippen molar-refractivity contribution in [3.05, 3.63) is 58.9 Å². The zero-order valence-electron chi connectivity index (χ0n) is 13.1. The molecule has 1 aromatic heterocycles. The maximum atomic E-state index is 13.1. The van der Waals surface area contributed by atoms with Crippen LogP contribution in [-0.4, -0.2) is 23.2 Å². The average Bonchev–Trinajstić information content (AvgIpc) is 2.87. The summed E-state index contributed by atoms with van der Waals surface area (Å²) in [7, 11) is 0. The van der Waals surface area contributed by atoms with Crippen LogP contribution in [0.4, 0.5) is 8.78 Å². The van der Waals surface area contributed by atoms with E-state index in [0.29, 0.717) is 11.3 Å². The van der Waals surface area contributed by atoms with Gasteiger partial charge in [-0.1, -0.05) is 6.08 Å². The van der Waals surface area contributed by atoms with Gasteiger partial charge in [0.25, 0.3) is 11.5 Å². The molecule has 1 amide bonds.